The summed E-state index contributed by atoms with van der Waals surface area (Å²) in [5.74, 6) is 0.633. The van der Waals surface area contributed by atoms with Crippen molar-refractivity contribution in [3.8, 4) is 11.4 Å². The van der Waals surface area contributed by atoms with Gasteiger partial charge in [0, 0.05) is 11.6 Å². The average molecular weight is 261 g/mol. The highest BCUT2D eigenvalue weighted by molar-refractivity contribution is 6.17. The minimum absolute atomic E-state index is 0.148. The van der Waals surface area contributed by atoms with Crippen LogP contribution in [0.4, 0.5) is 0 Å². The molecule has 0 atom stereocenters. The Morgan fingerprint density at radius 1 is 1.33 bits per heavy atom. The van der Waals surface area contributed by atoms with Gasteiger partial charge in [0.2, 0.25) is 0 Å². The Balaban J connectivity index is 2.20. The summed E-state index contributed by atoms with van der Waals surface area (Å²) in [6.45, 7) is 0. The summed E-state index contributed by atoms with van der Waals surface area (Å²) in [5.41, 5.74) is 1.76. The van der Waals surface area contributed by atoms with Gasteiger partial charge in [-0.1, -0.05) is 18.2 Å². The fourth-order valence-electron chi connectivity index (χ4n) is 1.81. The number of nitrogens with zero attached hydrogens (tertiary/aromatic N) is 1. The van der Waals surface area contributed by atoms with Crippen LogP contribution < -0.4 is 5.56 Å². The maximum absolute atomic E-state index is 11.7. The molecule has 90 valence electrons. The number of hydrogen-bond acceptors (Lipinski definition) is 3. The highest BCUT2D eigenvalue weighted by Crippen LogP contribution is 2.27. The maximum atomic E-state index is 11.7. The van der Waals surface area contributed by atoms with Crippen molar-refractivity contribution < 1.29 is 4.42 Å². The second-order valence-electron chi connectivity index (χ2n) is 3.87. The number of furan rings is 1. The molecule has 1 N–H and O–H groups in total. The second-order valence-corrected chi connectivity index (χ2v) is 4.13. The third kappa shape index (κ3) is 1.71. The molecule has 1 aromatic carbocycles. The summed E-state index contributed by atoms with van der Waals surface area (Å²) in [5, 5.41) is 0.916. The van der Waals surface area contributed by atoms with Crippen molar-refractivity contribution in [1.82, 2.24) is 9.97 Å². The molecule has 2 aromatic heterocycles. The maximum Gasteiger partial charge on any atom is 0.255 e. The zero-order chi connectivity index (χ0) is 12.5. The summed E-state index contributed by atoms with van der Waals surface area (Å²) in [4.78, 5) is 18.6. The number of benzene rings is 1. The van der Waals surface area contributed by atoms with E-state index in [-0.39, 0.29) is 11.4 Å². The monoisotopic (exact) mass is 260 g/mol. The lowest BCUT2D eigenvalue weighted by Gasteiger charge is -1.99. The van der Waals surface area contributed by atoms with Gasteiger partial charge in [-0.3, -0.25) is 4.79 Å². The van der Waals surface area contributed by atoms with Crippen molar-refractivity contribution in [3.05, 3.63) is 52.6 Å². The summed E-state index contributed by atoms with van der Waals surface area (Å²) in [7, 11) is 0. The molecule has 3 rings (SSSR count). The van der Waals surface area contributed by atoms with Crippen molar-refractivity contribution >= 4 is 22.6 Å². The Bertz CT molecular complexity index is 761. The predicted octanol–water partition coefficient (Wildman–Crippen LogP) is 2.92. The van der Waals surface area contributed by atoms with Crippen molar-refractivity contribution in [2.45, 2.75) is 5.88 Å². The number of para-hydroxylation sites is 1. The fourth-order valence-corrected chi connectivity index (χ4v) is 2.00. The van der Waals surface area contributed by atoms with Gasteiger partial charge in [-0.05, 0) is 6.07 Å². The lowest BCUT2D eigenvalue weighted by atomic mass is 10.1. The van der Waals surface area contributed by atoms with E-state index in [1.807, 2.05) is 24.3 Å². The molecule has 0 aliphatic carbocycles. The Labute approximate surface area is 107 Å². The number of H-pyrrole nitrogens is 1. The molecule has 2 heterocycles. The topological polar surface area (TPSA) is 58.9 Å². The smallest absolute Gasteiger partial charge is 0.255 e. The van der Waals surface area contributed by atoms with Crippen LogP contribution in [0.3, 0.4) is 0 Å². The quantitative estimate of drug-likeness (QED) is 0.721. The van der Waals surface area contributed by atoms with Crippen molar-refractivity contribution in [1.29, 1.82) is 0 Å². The summed E-state index contributed by atoms with van der Waals surface area (Å²) in [6.07, 6.45) is 3.08. The molecule has 0 amide bonds. The van der Waals surface area contributed by atoms with Crippen LogP contribution in [0, 0.1) is 0 Å². The SMILES string of the molecule is O=c1[nH]c(-c2coc3ccccc23)ncc1CCl. The van der Waals surface area contributed by atoms with Gasteiger partial charge in [-0.2, -0.15) is 0 Å². The third-order valence-electron chi connectivity index (χ3n) is 2.75. The first-order chi connectivity index (χ1) is 8.79. The molecule has 18 heavy (non-hydrogen) atoms. The van der Waals surface area contributed by atoms with Crippen molar-refractivity contribution in [2.75, 3.05) is 0 Å². The molecule has 0 aliphatic heterocycles. The lowest BCUT2D eigenvalue weighted by Crippen LogP contribution is -2.13. The Kier molecular flexibility index (Phi) is 2.64. The van der Waals surface area contributed by atoms with Crippen molar-refractivity contribution in [3.63, 3.8) is 0 Å². The zero-order valence-corrected chi connectivity index (χ0v) is 10.1. The number of rotatable bonds is 2. The molecule has 0 bridgehead atoms. The molecule has 0 spiro atoms. The number of halogens is 1. The van der Waals surface area contributed by atoms with Gasteiger partial charge in [0.25, 0.3) is 5.56 Å². The molecule has 0 radical (unpaired) electrons. The van der Waals surface area contributed by atoms with Crippen LogP contribution >= 0.6 is 11.6 Å². The first kappa shape index (κ1) is 11.0. The van der Waals surface area contributed by atoms with Gasteiger partial charge in [0.1, 0.15) is 17.7 Å². The predicted molar refractivity (Wildman–Crippen MR) is 69.6 cm³/mol. The summed E-state index contributed by atoms with van der Waals surface area (Å²) < 4.78 is 5.41. The average Bonchev–Trinajstić information content (AvgIpc) is 2.82. The highest BCUT2D eigenvalue weighted by atomic mass is 35.5. The zero-order valence-electron chi connectivity index (χ0n) is 9.31. The van der Waals surface area contributed by atoms with E-state index in [0.29, 0.717) is 11.4 Å². The fraction of sp³-hybridized carbons (Fsp3) is 0.0769. The van der Waals surface area contributed by atoms with Gasteiger partial charge in [0.05, 0.1) is 17.0 Å². The van der Waals surface area contributed by atoms with Crippen LogP contribution in [0.15, 0.2) is 45.9 Å². The number of alkyl halides is 1. The number of fused-ring (bicyclic) bond motifs is 1. The van der Waals surface area contributed by atoms with Gasteiger partial charge in [-0.25, -0.2) is 4.98 Å². The first-order valence-electron chi connectivity index (χ1n) is 5.40. The molecule has 5 heteroatoms. The molecular weight excluding hydrogens is 252 g/mol. The van der Waals surface area contributed by atoms with E-state index < -0.39 is 0 Å². The minimum atomic E-state index is -0.222. The number of aromatic nitrogens is 2. The van der Waals surface area contributed by atoms with E-state index in [9.17, 15) is 4.79 Å². The van der Waals surface area contributed by atoms with Crippen LogP contribution in [0.5, 0.6) is 0 Å². The van der Waals surface area contributed by atoms with E-state index in [0.717, 1.165) is 16.5 Å². The molecule has 0 fully saturated rings. The van der Waals surface area contributed by atoms with E-state index >= 15 is 0 Å². The molecule has 3 aromatic rings. The highest BCUT2D eigenvalue weighted by Gasteiger charge is 2.10. The van der Waals surface area contributed by atoms with E-state index in [2.05, 4.69) is 9.97 Å². The molecule has 4 nitrogen and oxygen atoms in total. The van der Waals surface area contributed by atoms with Gasteiger partial charge in [-0.15, -0.1) is 11.6 Å². The Hall–Kier alpha value is -2.07. The Morgan fingerprint density at radius 2 is 2.17 bits per heavy atom. The van der Waals surface area contributed by atoms with E-state index in [1.54, 1.807) is 6.26 Å². The van der Waals surface area contributed by atoms with Crippen LogP contribution in [-0.2, 0) is 5.88 Å². The molecular formula is C13H9ClN2O2. The summed E-state index contributed by atoms with van der Waals surface area (Å²) >= 11 is 5.63. The standard InChI is InChI=1S/C13H9ClN2O2/c14-5-8-6-15-12(16-13(8)17)10-7-18-11-4-2-1-3-9(10)11/h1-4,6-7H,5H2,(H,15,16,17). The summed E-state index contributed by atoms with van der Waals surface area (Å²) in [6, 6.07) is 7.59. The van der Waals surface area contributed by atoms with Crippen LogP contribution in [-0.4, -0.2) is 9.97 Å². The van der Waals surface area contributed by atoms with Gasteiger partial charge in [0.15, 0.2) is 0 Å². The lowest BCUT2D eigenvalue weighted by molar-refractivity contribution is 0.616. The van der Waals surface area contributed by atoms with E-state index in [4.69, 9.17) is 16.0 Å². The first-order valence-corrected chi connectivity index (χ1v) is 5.94. The molecule has 0 unspecified atom stereocenters. The second kappa shape index (κ2) is 4.31. The van der Waals surface area contributed by atoms with Crippen LogP contribution in [0.1, 0.15) is 5.56 Å². The third-order valence-corrected chi connectivity index (χ3v) is 3.04. The largest absolute Gasteiger partial charge is 0.464 e. The van der Waals surface area contributed by atoms with E-state index in [1.165, 1.54) is 6.20 Å². The molecule has 0 saturated carbocycles. The van der Waals surface area contributed by atoms with Gasteiger partial charge < -0.3 is 9.40 Å². The number of nitrogens with one attached hydrogen (secondary N) is 1. The van der Waals surface area contributed by atoms with Gasteiger partial charge >= 0.3 is 0 Å². The van der Waals surface area contributed by atoms with Crippen LogP contribution in [0.25, 0.3) is 22.4 Å². The van der Waals surface area contributed by atoms with Crippen molar-refractivity contribution in [2.24, 2.45) is 0 Å². The normalized spacial score (nSPS) is 10.9. The number of hydrogen-bond donors (Lipinski definition) is 1. The minimum Gasteiger partial charge on any atom is -0.464 e. The number of aromatic amines is 1. The Morgan fingerprint density at radius 3 is 2.94 bits per heavy atom. The molecule has 0 saturated heterocycles. The van der Waals surface area contributed by atoms with Crippen LogP contribution in [0.2, 0.25) is 0 Å². The molecule has 0 aliphatic rings.